The van der Waals surface area contributed by atoms with Gasteiger partial charge in [0.15, 0.2) is 0 Å². The van der Waals surface area contributed by atoms with Crippen molar-refractivity contribution in [2.75, 3.05) is 6.23 Å². The Kier molecular flexibility index (Phi) is 29.2. The lowest BCUT2D eigenvalue weighted by atomic mass is 10.6. The lowest BCUT2D eigenvalue weighted by Crippen LogP contribution is -2.65. The molecule has 0 aliphatic rings. The van der Waals surface area contributed by atoms with Crippen molar-refractivity contribution in [2.45, 2.75) is 247 Å². The molecular formula is C42H102O12Si10. The topological polar surface area (TPSA) is 130 Å². The second-order valence-electron chi connectivity index (χ2n) is 20.5. The molecule has 0 saturated heterocycles. The maximum atomic E-state index is 12.0. The summed E-state index contributed by atoms with van der Waals surface area (Å²) < 4.78 is 71.7. The van der Waals surface area contributed by atoms with E-state index in [2.05, 4.69) is 134 Å². The van der Waals surface area contributed by atoms with Crippen LogP contribution in [0.2, 0.25) is 126 Å². The lowest BCUT2D eigenvalue weighted by molar-refractivity contribution is -0.136. The van der Waals surface area contributed by atoms with Gasteiger partial charge in [0.2, 0.25) is 8.32 Å². The molecule has 0 bridgehead atoms. The van der Waals surface area contributed by atoms with E-state index in [1.807, 2.05) is 6.55 Å². The standard InChI is InChI=1S/C42H102O12Si10/c1-22-32-56(13,44)47-58(15,34-24-3)49-60(17,36-26-5)51-62(19,38-28-7)53-64(21,40-30-9)54-63(20,39-29-8)52-61(18,37-27-6)50-59(16,35-25-4)48-57(14,33-23-2)46-55(11,12)41-45-42(43)31-10/h31,44H,10,22-30,32-41H2,1-9,11-21H3. The van der Waals surface area contributed by atoms with Gasteiger partial charge in [0.05, 0.1) is 0 Å². The summed E-state index contributed by atoms with van der Waals surface area (Å²) in [5, 5.41) is 0. The molecule has 0 aromatic carbocycles. The summed E-state index contributed by atoms with van der Waals surface area (Å²) in [6, 6.07) is 7.21. The van der Waals surface area contributed by atoms with Crippen LogP contribution in [-0.2, 0) is 46.6 Å². The molecular weight excluding hydrogens is 977 g/mol. The summed E-state index contributed by atoms with van der Waals surface area (Å²) in [4.78, 5) is 23.4. The highest BCUT2D eigenvalue weighted by molar-refractivity contribution is 6.94. The number of rotatable bonds is 39. The summed E-state index contributed by atoms with van der Waals surface area (Å²) >= 11 is 0. The minimum absolute atomic E-state index is 0.239. The molecule has 0 spiro atoms. The van der Waals surface area contributed by atoms with E-state index in [4.69, 9.17) is 41.8 Å². The molecule has 9 unspecified atom stereocenters. The van der Waals surface area contributed by atoms with Crippen LogP contribution in [0.4, 0.5) is 0 Å². The highest BCUT2D eigenvalue weighted by Crippen LogP contribution is 2.39. The van der Waals surface area contributed by atoms with Gasteiger partial charge in [0, 0.05) is 6.08 Å². The summed E-state index contributed by atoms with van der Waals surface area (Å²) in [5.41, 5.74) is 0. The fourth-order valence-electron chi connectivity index (χ4n) is 9.71. The van der Waals surface area contributed by atoms with Gasteiger partial charge in [-0.2, -0.15) is 0 Å². The van der Waals surface area contributed by atoms with E-state index in [9.17, 15) is 9.59 Å². The monoisotopic (exact) mass is 1080 g/mol. The zero-order valence-electron chi connectivity index (χ0n) is 45.2. The largest absolute Gasteiger partial charge is 0.463 e. The van der Waals surface area contributed by atoms with Gasteiger partial charge in [0.25, 0.3) is 0 Å². The highest BCUT2D eigenvalue weighted by Gasteiger charge is 2.56. The predicted molar refractivity (Wildman–Crippen MR) is 291 cm³/mol. The van der Waals surface area contributed by atoms with E-state index >= 15 is 0 Å². The van der Waals surface area contributed by atoms with E-state index in [-0.39, 0.29) is 6.23 Å². The molecule has 0 aromatic heterocycles. The normalized spacial score (nSPS) is 21.1. The smallest absolute Gasteiger partial charge is 0.329 e. The summed E-state index contributed by atoms with van der Waals surface area (Å²) in [6.07, 6.45) is 9.68. The number of hydrogen-bond donors (Lipinski definition) is 1. The van der Waals surface area contributed by atoms with E-state index in [0.29, 0.717) is 6.04 Å². The fourth-order valence-corrected chi connectivity index (χ4v) is 63.9. The predicted octanol–water partition coefficient (Wildman–Crippen LogP) is 13.9. The Hall–Kier alpha value is 0.979. The van der Waals surface area contributed by atoms with Crippen LogP contribution in [0.1, 0.15) is 120 Å². The SMILES string of the molecule is C=CC(=O)OC[Si](C)(C)O[Si](C)(CCC)O[Si](C)(CCC)O[Si](C)(CCC)O[Si](C)(CCC)O[Si](C)(CCC)O[Si](C)(CCC)O[Si](C)(CCC)O[Si](C)(CCC)O[Si](C)(O)CCC. The third kappa shape index (κ3) is 24.7. The van der Waals surface area contributed by atoms with Gasteiger partial charge in [-0.15, -0.1) is 0 Å². The molecule has 0 rings (SSSR count). The van der Waals surface area contributed by atoms with Crippen LogP contribution in [0.3, 0.4) is 0 Å². The van der Waals surface area contributed by atoms with Gasteiger partial charge < -0.3 is 46.6 Å². The van der Waals surface area contributed by atoms with E-state index in [0.717, 1.165) is 106 Å². The molecule has 382 valence electrons. The van der Waals surface area contributed by atoms with Crippen molar-refractivity contribution >= 4 is 91.3 Å². The van der Waals surface area contributed by atoms with Gasteiger partial charge in [-0.05, 0) is 126 Å². The second kappa shape index (κ2) is 28.7. The van der Waals surface area contributed by atoms with Crippen LogP contribution >= 0.6 is 0 Å². The van der Waals surface area contributed by atoms with Crippen molar-refractivity contribution in [3.63, 3.8) is 0 Å². The van der Waals surface area contributed by atoms with Crippen LogP contribution in [0.25, 0.3) is 0 Å². The molecule has 0 heterocycles. The van der Waals surface area contributed by atoms with Crippen molar-refractivity contribution in [1.29, 1.82) is 0 Å². The summed E-state index contributed by atoms with van der Waals surface area (Å²) in [6.45, 7) is 47.0. The van der Waals surface area contributed by atoms with Crippen molar-refractivity contribution < 1.29 is 51.4 Å². The van der Waals surface area contributed by atoms with Crippen LogP contribution < -0.4 is 0 Å². The molecule has 0 aromatic rings. The molecule has 22 heteroatoms. The number of ether oxygens (including phenoxy) is 1. The van der Waals surface area contributed by atoms with E-state index in [1.54, 1.807) is 0 Å². The molecule has 0 aliphatic heterocycles. The first kappa shape index (κ1) is 65.0. The molecule has 9 atom stereocenters. The molecule has 0 radical (unpaired) electrons. The van der Waals surface area contributed by atoms with Crippen LogP contribution in [0, 0.1) is 0 Å². The molecule has 12 nitrogen and oxygen atoms in total. The Morgan fingerprint density at radius 1 is 0.375 bits per heavy atom. The number of carbonyl (C=O) groups is 1. The maximum Gasteiger partial charge on any atom is 0.329 e. The second-order valence-corrected chi connectivity index (χ2v) is 56.6. The van der Waals surface area contributed by atoms with Crippen LogP contribution in [0.5, 0.6) is 0 Å². The van der Waals surface area contributed by atoms with Gasteiger partial charge in [-0.1, -0.05) is 127 Å². The third-order valence-corrected chi connectivity index (χ3v) is 56.2. The average Bonchev–Trinajstić information content (AvgIpc) is 3.09. The van der Waals surface area contributed by atoms with Gasteiger partial charge in [-0.25, -0.2) is 4.79 Å². The van der Waals surface area contributed by atoms with Crippen LogP contribution in [0.15, 0.2) is 12.7 Å². The molecule has 0 aliphatic carbocycles. The Balaban J connectivity index is 7.13. The fraction of sp³-hybridized carbons (Fsp3) is 0.929. The van der Waals surface area contributed by atoms with Gasteiger partial charge in [0.1, 0.15) is 6.23 Å². The average molecular weight is 1080 g/mol. The zero-order valence-corrected chi connectivity index (χ0v) is 55.2. The van der Waals surface area contributed by atoms with Crippen LogP contribution in [-0.4, -0.2) is 102 Å². The molecule has 0 fully saturated rings. The first-order valence-electron chi connectivity index (χ1n) is 25.2. The Bertz CT molecular complexity index is 1360. The Morgan fingerprint density at radius 2 is 0.578 bits per heavy atom. The Labute approximate surface area is 405 Å². The van der Waals surface area contributed by atoms with Crippen molar-refractivity contribution in [1.82, 2.24) is 0 Å². The zero-order chi connectivity index (χ0) is 49.8. The maximum absolute atomic E-state index is 12.0. The minimum Gasteiger partial charge on any atom is -0.463 e. The van der Waals surface area contributed by atoms with E-state index < -0.39 is 91.3 Å². The van der Waals surface area contributed by atoms with Gasteiger partial charge >= 0.3 is 83.0 Å². The molecule has 0 saturated carbocycles. The number of esters is 1. The van der Waals surface area contributed by atoms with Crippen molar-refractivity contribution in [2.24, 2.45) is 0 Å². The first-order chi connectivity index (χ1) is 29.4. The van der Waals surface area contributed by atoms with E-state index in [1.165, 1.54) is 6.08 Å². The molecule has 0 amide bonds. The molecule has 1 N–H and O–H groups in total. The summed E-state index contributed by atoms with van der Waals surface area (Å²) in [5.74, 6) is -0.436. The Morgan fingerprint density at radius 3 is 0.781 bits per heavy atom. The quantitative estimate of drug-likeness (QED) is 0.0357. The highest BCUT2D eigenvalue weighted by atomic mass is 28.5. The minimum atomic E-state index is -2.95. The molecule has 64 heavy (non-hydrogen) atoms. The lowest BCUT2D eigenvalue weighted by Gasteiger charge is -2.48. The van der Waals surface area contributed by atoms with Crippen molar-refractivity contribution in [3.8, 4) is 0 Å². The van der Waals surface area contributed by atoms with Gasteiger partial charge in [-0.3, -0.25) is 0 Å². The third-order valence-electron chi connectivity index (χ3n) is 11.0. The number of carbonyl (C=O) groups excluding carboxylic acids is 1. The first-order valence-corrected chi connectivity index (χ1v) is 51.1. The summed E-state index contributed by atoms with van der Waals surface area (Å²) in [7, 11) is -28.5. The number of hydrogen-bond acceptors (Lipinski definition) is 12. The van der Waals surface area contributed by atoms with Crippen molar-refractivity contribution in [3.05, 3.63) is 12.7 Å².